The third kappa shape index (κ3) is 2.30. The molecule has 0 bridgehead atoms. The van der Waals surface area contributed by atoms with E-state index in [1.807, 2.05) is 0 Å². The molecule has 82 valence electrons. The fourth-order valence-electron chi connectivity index (χ4n) is 1.07. The minimum atomic E-state index is -1.52. The van der Waals surface area contributed by atoms with Crippen molar-refractivity contribution in [2.45, 2.75) is 0 Å². The van der Waals surface area contributed by atoms with Gasteiger partial charge in [-0.3, -0.25) is 4.79 Å². The second-order valence-electron chi connectivity index (χ2n) is 2.80. The van der Waals surface area contributed by atoms with Gasteiger partial charge in [0.15, 0.2) is 23.2 Å². The van der Waals surface area contributed by atoms with Gasteiger partial charge in [-0.2, -0.15) is 0 Å². The molecule has 1 aromatic rings. The highest BCUT2D eigenvalue weighted by atomic mass is 35.5. The summed E-state index contributed by atoms with van der Waals surface area (Å²) in [6, 6.07) is 0.488. The molecule has 2 nitrogen and oxygen atoms in total. The van der Waals surface area contributed by atoms with E-state index < -0.39 is 33.8 Å². The first-order valence-corrected chi connectivity index (χ1v) is 4.37. The number of carbonyl (C=O) groups is 1. The largest absolute Gasteiger partial charge is 0.313 e. The van der Waals surface area contributed by atoms with Crippen LogP contribution in [0.3, 0.4) is 0 Å². The first-order chi connectivity index (χ1) is 6.99. The van der Waals surface area contributed by atoms with Crippen molar-refractivity contribution >= 4 is 17.4 Å². The van der Waals surface area contributed by atoms with Crippen LogP contribution < -0.4 is 5.32 Å². The third-order valence-corrected chi connectivity index (χ3v) is 2.00. The number of Topliss-reactive ketones (excluding diaryl/α,β-unsaturated/α-hetero) is 1. The molecule has 0 aromatic heterocycles. The van der Waals surface area contributed by atoms with Crippen molar-refractivity contribution in [3.63, 3.8) is 0 Å². The van der Waals surface area contributed by atoms with E-state index >= 15 is 0 Å². The van der Waals surface area contributed by atoms with E-state index in [2.05, 4.69) is 5.32 Å². The predicted molar refractivity (Wildman–Crippen MR) is 49.6 cm³/mol. The topological polar surface area (TPSA) is 29.1 Å². The van der Waals surface area contributed by atoms with Crippen molar-refractivity contribution in [1.82, 2.24) is 5.32 Å². The van der Waals surface area contributed by atoms with Gasteiger partial charge in [0, 0.05) is 0 Å². The van der Waals surface area contributed by atoms with Crippen LogP contribution in [0.2, 0.25) is 5.02 Å². The smallest absolute Gasteiger partial charge is 0.182 e. The van der Waals surface area contributed by atoms with Crippen molar-refractivity contribution < 1.29 is 18.0 Å². The van der Waals surface area contributed by atoms with Crippen molar-refractivity contribution in [3.05, 3.63) is 34.1 Å². The van der Waals surface area contributed by atoms with Gasteiger partial charge in [-0.25, -0.2) is 13.2 Å². The summed E-state index contributed by atoms with van der Waals surface area (Å²) in [4.78, 5) is 11.2. The van der Waals surface area contributed by atoms with Crippen LogP contribution in [0.1, 0.15) is 10.4 Å². The lowest BCUT2D eigenvalue weighted by molar-refractivity contribution is 0.0984. The quantitative estimate of drug-likeness (QED) is 0.645. The fraction of sp³-hybridized carbons (Fsp3) is 0.222. The van der Waals surface area contributed by atoms with Crippen LogP contribution in [0.25, 0.3) is 0 Å². The molecule has 0 radical (unpaired) electrons. The van der Waals surface area contributed by atoms with Gasteiger partial charge < -0.3 is 5.32 Å². The normalized spacial score (nSPS) is 10.5. The van der Waals surface area contributed by atoms with E-state index in [9.17, 15) is 18.0 Å². The first kappa shape index (κ1) is 12.0. The summed E-state index contributed by atoms with van der Waals surface area (Å²) in [6.45, 7) is -0.298. The summed E-state index contributed by atoms with van der Waals surface area (Å²) in [5.41, 5.74) is -0.950. The minimum Gasteiger partial charge on any atom is -0.313 e. The zero-order valence-corrected chi connectivity index (χ0v) is 8.46. The number of nitrogens with one attached hydrogen (secondary N) is 1. The third-order valence-electron chi connectivity index (χ3n) is 1.73. The van der Waals surface area contributed by atoms with Gasteiger partial charge in [-0.1, -0.05) is 11.6 Å². The number of carbonyl (C=O) groups excluding carboxylic acids is 1. The lowest BCUT2D eigenvalue weighted by Gasteiger charge is -2.05. The Bertz CT molecular complexity index is 383. The Labute approximate surface area is 89.0 Å². The predicted octanol–water partition coefficient (Wildman–Crippen LogP) is 2.16. The monoisotopic (exact) mass is 237 g/mol. The zero-order chi connectivity index (χ0) is 11.6. The number of hydrogen-bond donors (Lipinski definition) is 1. The van der Waals surface area contributed by atoms with E-state index in [1.165, 1.54) is 7.05 Å². The maximum Gasteiger partial charge on any atom is 0.182 e. The Hall–Kier alpha value is -1.07. The highest BCUT2D eigenvalue weighted by Crippen LogP contribution is 2.24. The number of likely N-dealkylation sites (N-methyl/N-ethyl adjacent to an activating group) is 1. The van der Waals surface area contributed by atoms with Gasteiger partial charge in [-0.05, 0) is 13.1 Å². The molecule has 0 aliphatic carbocycles. The van der Waals surface area contributed by atoms with E-state index in [0.717, 1.165) is 0 Å². The Morgan fingerprint density at radius 1 is 1.40 bits per heavy atom. The molecule has 0 amide bonds. The molecule has 0 heterocycles. The molecule has 1 rings (SSSR count). The SMILES string of the molecule is CNCC(=O)c1c(F)c(F)cc(Cl)c1F. The lowest BCUT2D eigenvalue weighted by Crippen LogP contribution is -2.21. The number of benzene rings is 1. The van der Waals surface area contributed by atoms with E-state index in [4.69, 9.17) is 11.6 Å². The van der Waals surface area contributed by atoms with Crippen molar-refractivity contribution in [2.75, 3.05) is 13.6 Å². The number of halogens is 4. The van der Waals surface area contributed by atoms with Crippen LogP contribution in [0, 0.1) is 17.5 Å². The summed E-state index contributed by atoms with van der Waals surface area (Å²) < 4.78 is 39.1. The van der Waals surface area contributed by atoms with Crippen LogP contribution in [-0.4, -0.2) is 19.4 Å². The summed E-state index contributed by atoms with van der Waals surface area (Å²) in [5.74, 6) is -5.00. The minimum absolute atomic E-state index is 0.298. The maximum absolute atomic E-state index is 13.2. The van der Waals surface area contributed by atoms with E-state index in [1.54, 1.807) is 0 Å². The highest BCUT2D eigenvalue weighted by molar-refractivity contribution is 6.31. The van der Waals surface area contributed by atoms with E-state index in [-0.39, 0.29) is 6.54 Å². The average Bonchev–Trinajstić information content (AvgIpc) is 2.16. The highest BCUT2D eigenvalue weighted by Gasteiger charge is 2.22. The molecule has 1 aromatic carbocycles. The molecule has 0 saturated carbocycles. The van der Waals surface area contributed by atoms with Gasteiger partial charge >= 0.3 is 0 Å². The molecular weight excluding hydrogens is 231 g/mol. The molecule has 0 saturated heterocycles. The van der Waals surface area contributed by atoms with Crippen LogP contribution in [-0.2, 0) is 0 Å². The van der Waals surface area contributed by atoms with Gasteiger partial charge in [0.05, 0.1) is 17.1 Å². The maximum atomic E-state index is 13.2. The lowest BCUT2D eigenvalue weighted by atomic mass is 10.1. The van der Waals surface area contributed by atoms with Crippen molar-refractivity contribution in [2.24, 2.45) is 0 Å². The molecule has 0 aliphatic rings. The Kier molecular flexibility index (Phi) is 3.71. The number of ketones is 1. The first-order valence-electron chi connectivity index (χ1n) is 3.99. The second kappa shape index (κ2) is 4.63. The van der Waals surface area contributed by atoms with Crippen LogP contribution in [0.15, 0.2) is 6.07 Å². The van der Waals surface area contributed by atoms with Crippen molar-refractivity contribution in [3.8, 4) is 0 Å². The Balaban J connectivity index is 3.32. The van der Waals surface area contributed by atoms with Crippen LogP contribution in [0.4, 0.5) is 13.2 Å². The van der Waals surface area contributed by atoms with Gasteiger partial charge in [0.25, 0.3) is 0 Å². The molecule has 15 heavy (non-hydrogen) atoms. The van der Waals surface area contributed by atoms with Crippen LogP contribution in [0.5, 0.6) is 0 Å². The summed E-state index contributed by atoms with van der Waals surface area (Å²) in [7, 11) is 1.43. The average molecular weight is 238 g/mol. The van der Waals surface area contributed by atoms with Crippen LogP contribution >= 0.6 is 11.6 Å². The standard InChI is InChI=1S/C9H7ClF3NO/c1-14-3-6(15)7-8(12)4(10)2-5(11)9(7)13/h2,14H,3H2,1H3. The fourth-order valence-corrected chi connectivity index (χ4v) is 1.26. The molecule has 0 aliphatic heterocycles. The summed E-state index contributed by atoms with van der Waals surface area (Å²) >= 11 is 5.28. The second-order valence-corrected chi connectivity index (χ2v) is 3.20. The Morgan fingerprint density at radius 2 is 2.00 bits per heavy atom. The molecule has 0 unspecified atom stereocenters. The molecule has 1 N–H and O–H groups in total. The summed E-state index contributed by atoms with van der Waals surface area (Å²) in [6.07, 6.45) is 0. The molecular formula is C9H7ClF3NO. The molecule has 0 spiro atoms. The summed E-state index contributed by atoms with van der Waals surface area (Å²) in [5, 5.41) is 1.79. The van der Waals surface area contributed by atoms with Gasteiger partial charge in [-0.15, -0.1) is 0 Å². The molecule has 6 heteroatoms. The number of hydrogen-bond acceptors (Lipinski definition) is 2. The molecule has 0 fully saturated rings. The number of rotatable bonds is 3. The van der Waals surface area contributed by atoms with Gasteiger partial charge in [0.1, 0.15) is 0 Å². The zero-order valence-electron chi connectivity index (χ0n) is 7.70. The Morgan fingerprint density at radius 3 is 2.53 bits per heavy atom. The molecule has 0 atom stereocenters. The van der Waals surface area contributed by atoms with E-state index in [0.29, 0.717) is 6.07 Å². The van der Waals surface area contributed by atoms with Crippen molar-refractivity contribution in [1.29, 1.82) is 0 Å². The van der Waals surface area contributed by atoms with Gasteiger partial charge in [0.2, 0.25) is 0 Å².